The van der Waals surface area contributed by atoms with Crippen molar-refractivity contribution < 1.29 is 14.0 Å². The number of imidazole rings is 1. The normalized spacial score (nSPS) is 22.4. The summed E-state index contributed by atoms with van der Waals surface area (Å²) in [6, 6.07) is 14.5. The second-order valence-electron chi connectivity index (χ2n) is 13.9. The number of aromatic nitrogens is 3. The Labute approximate surface area is 269 Å². The van der Waals surface area contributed by atoms with Crippen molar-refractivity contribution in [3.63, 3.8) is 0 Å². The number of nitrogens with one attached hydrogen (secondary N) is 2. The zero-order valence-electron chi connectivity index (χ0n) is 27.4. The molecule has 2 aliphatic heterocycles. The smallest absolute Gasteiger partial charge is 0.251 e. The van der Waals surface area contributed by atoms with Crippen molar-refractivity contribution in [1.29, 1.82) is 0 Å². The highest BCUT2D eigenvalue weighted by Gasteiger charge is 2.50. The fourth-order valence-corrected chi connectivity index (χ4v) is 7.35. The Morgan fingerprint density at radius 2 is 1.87 bits per heavy atom. The van der Waals surface area contributed by atoms with E-state index in [-0.39, 0.29) is 23.9 Å². The Morgan fingerprint density at radius 1 is 1.09 bits per heavy atom. The highest BCUT2D eigenvalue weighted by molar-refractivity contribution is 6.09. The van der Waals surface area contributed by atoms with E-state index in [1.54, 1.807) is 7.05 Å². The van der Waals surface area contributed by atoms with Gasteiger partial charge >= 0.3 is 0 Å². The molecule has 1 saturated carbocycles. The molecule has 7 rings (SSSR count). The lowest BCUT2D eigenvalue weighted by molar-refractivity contribution is -0.123. The van der Waals surface area contributed by atoms with Gasteiger partial charge in [-0.25, -0.2) is 14.4 Å². The van der Waals surface area contributed by atoms with Crippen molar-refractivity contribution in [2.75, 3.05) is 30.4 Å². The molecule has 9 nitrogen and oxygen atoms in total. The van der Waals surface area contributed by atoms with Crippen LogP contribution in [0.1, 0.15) is 74.5 Å². The first-order valence-corrected chi connectivity index (χ1v) is 16.3. The topological polar surface area (TPSA) is 95.4 Å². The van der Waals surface area contributed by atoms with Crippen LogP contribution in [0.4, 0.5) is 21.6 Å². The van der Waals surface area contributed by atoms with E-state index in [4.69, 9.17) is 9.97 Å². The molecule has 4 heterocycles. The van der Waals surface area contributed by atoms with Gasteiger partial charge in [0.2, 0.25) is 5.91 Å². The minimum Gasteiger partial charge on any atom is -0.355 e. The zero-order chi connectivity index (χ0) is 32.5. The number of likely N-dealkylation sites (tertiary alicyclic amines) is 1. The number of anilines is 3. The number of carbonyl (C=O) groups excluding carboxylic acids is 2. The molecule has 2 N–H and O–H groups in total. The van der Waals surface area contributed by atoms with Crippen molar-refractivity contribution in [3.05, 3.63) is 65.5 Å². The average molecular weight is 624 g/mol. The number of aryl methyl sites for hydroxylation is 1. The van der Waals surface area contributed by atoms with Crippen molar-refractivity contribution in [1.82, 2.24) is 24.8 Å². The number of pyridine rings is 1. The van der Waals surface area contributed by atoms with Gasteiger partial charge in [-0.1, -0.05) is 18.2 Å². The lowest BCUT2D eigenvalue weighted by atomic mass is 9.83. The maximum absolute atomic E-state index is 13.9. The SMILES string of the molecule is CNC(=O)c1cc(Nc2nc(-c3ccc4c(c3)N([C@H]3C[C@@H](N5CC[C@H](F)C5)C3)C(=O)C4(C)C)cc3ncn(C(C)C)c23)ccc1C. The summed E-state index contributed by atoms with van der Waals surface area (Å²) in [5.41, 5.74) is 6.83. The third-order valence-corrected chi connectivity index (χ3v) is 10.2. The minimum absolute atomic E-state index is 0.0948. The number of alkyl halides is 1. The molecule has 10 heteroatoms. The molecular weight excluding hydrogens is 581 g/mol. The van der Waals surface area contributed by atoms with Crippen LogP contribution in [0.2, 0.25) is 0 Å². The summed E-state index contributed by atoms with van der Waals surface area (Å²) >= 11 is 0. The van der Waals surface area contributed by atoms with Gasteiger partial charge in [-0.3, -0.25) is 14.5 Å². The van der Waals surface area contributed by atoms with Gasteiger partial charge in [-0.2, -0.15) is 0 Å². The van der Waals surface area contributed by atoms with E-state index in [1.807, 2.05) is 62.3 Å². The molecule has 3 aliphatic rings. The van der Waals surface area contributed by atoms with E-state index in [2.05, 4.69) is 46.1 Å². The van der Waals surface area contributed by atoms with Gasteiger partial charge < -0.3 is 20.1 Å². The van der Waals surface area contributed by atoms with E-state index in [0.29, 0.717) is 30.4 Å². The molecule has 0 radical (unpaired) electrons. The van der Waals surface area contributed by atoms with E-state index >= 15 is 0 Å². The number of benzene rings is 2. The quantitative estimate of drug-likeness (QED) is 0.251. The van der Waals surface area contributed by atoms with Crippen LogP contribution < -0.4 is 15.5 Å². The fraction of sp³-hybridized carbons (Fsp3) is 0.444. The maximum atomic E-state index is 13.9. The Morgan fingerprint density at radius 3 is 2.57 bits per heavy atom. The standard InChI is InChI=1S/C36H42FN7O2/c1-20(2)43-19-39-30-17-29(41-33(32(30)43)40-24-9-7-21(3)27(14-24)34(45)38-6)22-8-10-28-31(13-22)44(35(46)36(28,4)5)26-15-25(16-26)42-12-11-23(37)18-42/h7-10,13-14,17,19-20,23,25-26H,11-12,15-16,18H2,1-6H3,(H,38,45)(H,40,41)/t23-,25-,26+/m0/s1. The van der Waals surface area contributed by atoms with Crippen LogP contribution in [0.15, 0.2) is 48.8 Å². The fourth-order valence-electron chi connectivity index (χ4n) is 7.35. The van der Waals surface area contributed by atoms with Gasteiger partial charge in [0.25, 0.3) is 5.91 Å². The number of rotatable bonds is 7. The first-order chi connectivity index (χ1) is 22.0. The highest BCUT2D eigenvalue weighted by atomic mass is 19.1. The van der Waals surface area contributed by atoms with Crippen LogP contribution in [0.3, 0.4) is 0 Å². The van der Waals surface area contributed by atoms with Crippen molar-refractivity contribution >= 4 is 40.0 Å². The monoisotopic (exact) mass is 623 g/mol. The van der Waals surface area contributed by atoms with Crippen LogP contribution in [0, 0.1) is 6.92 Å². The molecule has 2 aromatic carbocycles. The van der Waals surface area contributed by atoms with E-state index in [9.17, 15) is 14.0 Å². The third kappa shape index (κ3) is 4.94. The summed E-state index contributed by atoms with van der Waals surface area (Å²) in [5.74, 6) is 0.601. The van der Waals surface area contributed by atoms with E-state index in [1.165, 1.54) is 0 Å². The lowest BCUT2D eigenvalue weighted by Crippen LogP contribution is -2.55. The van der Waals surface area contributed by atoms with Crippen molar-refractivity contribution in [2.45, 2.75) is 83.6 Å². The first kappa shape index (κ1) is 30.3. The molecule has 0 spiro atoms. The van der Waals surface area contributed by atoms with Gasteiger partial charge in [0.15, 0.2) is 5.82 Å². The molecule has 4 aromatic rings. The number of nitrogens with zero attached hydrogens (tertiary/aromatic N) is 5. The van der Waals surface area contributed by atoms with Crippen LogP contribution in [-0.4, -0.2) is 69.6 Å². The van der Waals surface area contributed by atoms with Crippen molar-refractivity contribution in [2.24, 2.45) is 0 Å². The summed E-state index contributed by atoms with van der Waals surface area (Å²) < 4.78 is 16.0. The van der Waals surface area contributed by atoms with Crippen LogP contribution >= 0.6 is 0 Å². The molecular formula is C36H42FN7O2. The van der Waals surface area contributed by atoms with Gasteiger partial charge in [-0.05, 0) is 89.3 Å². The third-order valence-electron chi connectivity index (χ3n) is 10.2. The largest absolute Gasteiger partial charge is 0.355 e. The molecule has 2 fully saturated rings. The highest BCUT2D eigenvalue weighted by Crippen LogP contribution is 2.48. The molecule has 46 heavy (non-hydrogen) atoms. The molecule has 1 aliphatic carbocycles. The Bertz CT molecular complexity index is 1860. The summed E-state index contributed by atoms with van der Waals surface area (Å²) in [6.45, 7) is 11.4. The summed E-state index contributed by atoms with van der Waals surface area (Å²) in [6.07, 6.45) is 3.41. The summed E-state index contributed by atoms with van der Waals surface area (Å²) in [7, 11) is 1.63. The van der Waals surface area contributed by atoms with E-state index in [0.717, 1.165) is 64.2 Å². The van der Waals surface area contributed by atoms with Crippen molar-refractivity contribution in [3.8, 4) is 11.3 Å². The van der Waals surface area contributed by atoms with Gasteiger partial charge in [0, 0.05) is 60.8 Å². The van der Waals surface area contributed by atoms with Gasteiger partial charge in [0.05, 0.1) is 23.0 Å². The molecule has 1 saturated heterocycles. The number of halogens is 1. The number of hydrogen-bond acceptors (Lipinski definition) is 6. The Balaban J connectivity index is 1.26. The molecule has 0 bridgehead atoms. The number of amides is 2. The Hall–Kier alpha value is -4.31. The summed E-state index contributed by atoms with van der Waals surface area (Å²) in [5, 5.41) is 6.21. The Kier molecular flexibility index (Phi) is 7.38. The predicted molar refractivity (Wildman–Crippen MR) is 180 cm³/mol. The average Bonchev–Trinajstić information content (AvgIpc) is 3.69. The second-order valence-corrected chi connectivity index (χ2v) is 13.9. The van der Waals surface area contributed by atoms with Crippen LogP contribution in [-0.2, 0) is 10.2 Å². The number of fused-ring (bicyclic) bond motifs is 2. The lowest BCUT2D eigenvalue weighted by Gasteiger charge is -2.45. The second kappa shape index (κ2) is 11.2. The molecule has 1 atom stereocenters. The minimum atomic E-state index is -0.741. The number of hydrogen-bond donors (Lipinski definition) is 2. The van der Waals surface area contributed by atoms with E-state index < -0.39 is 11.6 Å². The number of carbonyl (C=O) groups is 2. The molecule has 2 aromatic heterocycles. The summed E-state index contributed by atoms with van der Waals surface area (Å²) in [4.78, 5) is 40.5. The molecule has 2 amide bonds. The maximum Gasteiger partial charge on any atom is 0.251 e. The van der Waals surface area contributed by atoms with Crippen LogP contribution in [0.5, 0.6) is 0 Å². The first-order valence-electron chi connectivity index (χ1n) is 16.3. The van der Waals surface area contributed by atoms with Gasteiger partial charge in [-0.15, -0.1) is 0 Å². The van der Waals surface area contributed by atoms with Crippen LogP contribution in [0.25, 0.3) is 22.3 Å². The zero-order valence-corrected chi connectivity index (χ0v) is 27.4. The molecule has 240 valence electrons. The molecule has 0 unspecified atom stereocenters. The van der Waals surface area contributed by atoms with Gasteiger partial charge in [0.1, 0.15) is 11.7 Å². The predicted octanol–water partition coefficient (Wildman–Crippen LogP) is 6.29.